The van der Waals surface area contributed by atoms with Crippen LogP contribution in [0.15, 0.2) is 109 Å². The van der Waals surface area contributed by atoms with Gasteiger partial charge in [-0.1, -0.05) is 78.9 Å². The topological polar surface area (TPSA) is 75.7 Å². The smallest absolute Gasteiger partial charge is 0.238 e. The zero-order chi connectivity index (χ0) is 27.4. The molecule has 6 nitrogen and oxygen atoms in total. The molecule has 3 aliphatic rings. The molecule has 4 atom stereocenters. The van der Waals surface area contributed by atoms with Crippen LogP contribution in [0.5, 0.6) is 5.75 Å². The third kappa shape index (κ3) is 3.26. The molecule has 4 aromatic carbocycles. The van der Waals surface area contributed by atoms with Crippen molar-refractivity contribution in [2.24, 2.45) is 5.92 Å². The fourth-order valence-electron chi connectivity index (χ4n) is 6.83. The molecule has 3 aliphatic heterocycles. The molecule has 7 rings (SSSR count). The summed E-state index contributed by atoms with van der Waals surface area (Å²) in [5, 5.41) is 3.06. The maximum Gasteiger partial charge on any atom is 0.238 e. The van der Waals surface area contributed by atoms with Crippen molar-refractivity contribution in [3.05, 3.63) is 131 Å². The van der Waals surface area contributed by atoms with Gasteiger partial charge in [-0.3, -0.25) is 14.4 Å². The quantitative estimate of drug-likeness (QED) is 0.345. The molecule has 40 heavy (non-hydrogen) atoms. The molecule has 0 bridgehead atoms. The van der Waals surface area contributed by atoms with Crippen LogP contribution < -0.4 is 15.0 Å². The van der Waals surface area contributed by atoms with Gasteiger partial charge < -0.3 is 15.0 Å². The lowest BCUT2D eigenvalue weighted by atomic mass is 9.64. The number of methoxy groups -OCH3 is 1. The Bertz CT molecular complexity index is 1690. The number of amides is 1. The van der Waals surface area contributed by atoms with Gasteiger partial charge in [0.1, 0.15) is 17.2 Å². The monoisotopic (exact) mass is 526 g/mol. The van der Waals surface area contributed by atoms with Crippen molar-refractivity contribution < 1.29 is 19.1 Å². The number of hydrogen-bond donors (Lipinski definition) is 1. The van der Waals surface area contributed by atoms with E-state index >= 15 is 0 Å². The van der Waals surface area contributed by atoms with Crippen LogP contribution in [-0.2, 0) is 10.2 Å². The van der Waals surface area contributed by atoms with Crippen LogP contribution >= 0.6 is 0 Å². The minimum absolute atomic E-state index is 0.198. The minimum Gasteiger partial charge on any atom is -0.497 e. The normalized spacial score (nSPS) is 23.8. The number of hydrogen-bond acceptors (Lipinski definition) is 5. The summed E-state index contributed by atoms with van der Waals surface area (Å²) in [4.78, 5) is 45.6. The SMILES string of the molecule is COc1ccc(C(=O)[C@@H]2[C@H](C(=O)c3ccccc3)N3c4ccccc4C=C[C@@H]3[C@@]23C(=O)Nc2ccccc23)cc1. The van der Waals surface area contributed by atoms with Crippen molar-refractivity contribution in [3.63, 3.8) is 0 Å². The largest absolute Gasteiger partial charge is 0.497 e. The first-order valence-corrected chi connectivity index (χ1v) is 13.3. The Kier molecular flexibility index (Phi) is 5.46. The van der Waals surface area contributed by atoms with Crippen molar-refractivity contribution >= 4 is 34.9 Å². The number of rotatable bonds is 5. The Balaban J connectivity index is 1.52. The van der Waals surface area contributed by atoms with E-state index in [4.69, 9.17) is 4.74 Å². The molecule has 3 heterocycles. The molecule has 0 aromatic heterocycles. The highest BCUT2D eigenvalue weighted by Crippen LogP contribution is 2.58. The van der Waals surface area contributed by atoms with E-state index in [0.717, 1.165) is 16.8 Å². The van der Waals surface area contributed by atoms with Gasteiger partial charge in [-0.15, -0.1) is 0 Å². The molecule has 6 heteroatoms. The molecule has 0 aliphatic carbocycles. The summed E-state index contributed by atoms with van der Waals surface area (Å²) in [6.07, 6.45) is 3.98. The Morgan fingerprint density at radius 2 is 1.48 bits per heavy atom. The number of Topliss-reactive ketones (excluding diaryl/α,β-unsaturated/α-hetero) is 2. The van der Waals surface area contributed by atoms with Crippen molar-refractivity contribution in [2.75, 3.05) is 17.3 Å². The summed E-state index contributed by atoms with van der Waals surface area (Å²) in [7, 11) is 1.57. The van der Waals surface area contributed by atoms with Gasteiger partial charge in [0.25, 0.3) is 0 Å². The van der Waals surface area contributed by atoms with Crippen molar-refractivity contribution in [1.29, 1.82) is 0 Å². The number of ether oxygens (including phenoxy) is 1. The Morgan fingerprint density at radius 1 is 0.800 bits per heavy atom. The van der Waals surface area contributed by atoms with Crippen LogP contribution in [0.4, 0.5) is 11.4 Å². The summed E-state index contributed by atoms with van der Waals surface area (Å²) in [6, 6.07) is 29.7. The number of anilines is 2. The molecule has 0 radical (unpaired) electrons. The van der Waals surface area contributed by atoms with Gasteiger partial charge in [-0.05, 0) is 47.5 Å². The molecule has 4 aromatic rings. The fraction of sp³-hybridized carbons (Fsp3) is 0.147. The second-order valence-corrected chi connectivity index (χ2v) is 10.4. The van der Waals surface area contributed by atoms with E-state index in [-0.39, 0.29) is 17.5 Å². The van der Waals surface area contributed by atoms with Crippen molar-refractivity contribution in [1.82, 2.24) is 0 Å². The average molecular weight is 527 g/mol. The maximum atomic E-state index is 14.7. The summed E-state index contributed by atoms with van der Waals surface area (Å²) < 4.78 is 5.32. The van der Waals surface area contributed by atoms with Gasteiger partial charge in [-0.2, -0.15) is 0 Å². The van der Waals surface area contributed by atoms with Crippen LogP contribution in [0.1, 0.15) is 31.8 Å². The molecule has 1 saturated heterocycles. The standard InChI is InChI=1S/C34H26N2O4/c1-40-24-18-15-23(16-19-24)31(37)29-30(32(38)22-10-3-2-4-11-22)36-27-14-8-5-9-21(27)17-20-28(36)34(29)25-12-6-7-13-26(25)35-33(34)39/h2-20,28-30H,1H3,(H,35,39)/t28-,29+,30-,34-/m1/s1. The van der Waals surface area contributed by atoms with Crippen molar-refractivity contribution in [3.8, 4) is 5.75 Å². The number of fused-ring (bicyclic) bond motifs is 6. The lowest BCUT2D eigenvalue weighted by Gasteiger charge is -2.37. The van der Waals surface area contributed by atoms with Crippen LogP contribution in [0.3, 0.4) is 0 Å². The summed E-state index contributed by atoms with van der Waals surface area (Å²) >= 11 is 0. The molecule has 0 unspecified atom stereocenters. The first-order chi connectivity index (χ1) is 19.6. The predicted octanol–water partition coefficient (Wildman–Crippen LogP) is 5.55. The van der Waals surface area contributed by atoms with Gasteiger partial charge in [0, 0.05) is 22.5 Å². The molecule has 1 fully saturated rings. The van der Waals surface area contributed by atoms with E-state index in [0.29, 0.717) is 22.6 Å². The second kappa shape index (κ2) is 9.06. The minimum atomic E-state index is -1.33. The Hall–Kier alpha value is -4.97. The van der Waals surface area contributed by atoms with Crippen LogP contribution in [-0.4, -0.2) is 36.7 Å². The van der Waals surface area contributed by atoms with Crippen molar-refractivity contribution in [2.45, 2.75) is 17.5 Å². The zero-order valence-electron chi connectivity index (χ0n) is 21.8. The number of carbonyl (C=O) groups excluding carboxylic acids is 3. The molecular formula is C34H26N2O4. The lowest BCUT2D eigenvalue weighted by Crippen LogP contribution is -2.51. The molecule has 1 N–H and O–H groups in total. The number of para-hydroxylation sites is 2. The summed E-state index contributed by atoms with van der Waals surface area (Å²) in [5.41, 5.74) is 2.75. The molecule has 1 spiro atoms. The van der Waals surface area contributed by atoms with E-state index in [1.54, 1.807) is 43.5 Å². The van der Waals surface area contributed by atoms with Crippen LogP contribution in [0.25, 0.3) is 6.08 Å². The van der Waals surface area contributed by atoms with E-state index in [2.05, 4.69) is 5.32 Å². The van der Waals surface area contributed by atoms with E-state index in [9.17, 15) is 14.4 Å². The third-order valence-electron chi connectivity index (χ3n) is 8.53. The number of carbonyl (C=O) groups is 3. The zero-order valence-corrected chi connectivity index (χ0v) is 21.8. The fourth-order valence-corrected chi connectivity index (χ4v) is 6.83. The molecule has 196 valence electrons. The molecule has 0 saturated carbocycles. The van der Waals surface area contributed by atoms with E-state index in [1.807, 2.05) is 83.8 Å². The van der Waals surface area contributed by atoms with Gasteiger partial charge in [0.05, 0.1) is 19.1 Å². The molecular weight excluding hydrogens is 500 g/mol. The number of ketones is 2. The van der Waals surface area contributed by atoms with Gasteiger partial charge in [-0.25, -0.2) is 0 Å². The van der Waals surface area contributed by atoms with Crippen LogP contribution in [0, 0.1) is 5.92 Å². The van der Waals surface area contributed by atoms with E-state index in [1.165, 1.54) is 0 Å². The first-order valence-electron chi connectivity index (χ1n) is 13.3. The maximum absolute atomic E-state index is 14.7. The van der Waals surface area contributed by atoms with Gasteiger partial charge >= 0.3 is 0 Å². The number of benzene rings is 4. The highest BCUT2D eigenvalue weighted by molar-refractivity contribution is 6.18. The van der Waals surface area contributed by atoms with Gasteiger partial charge in [0.2, 0.25) is 5.91 Å². The van der Waals surface area contributed by atoms with Crippen LogP contribution in [0.2, 0.25) is 0 Å². The van der Waals surface area contributed by atoms with Gasteiger partial charge in [0.15, 0.2) is 11.6 Å². The Morgan fingerprint density at radius 3 is 2.25 bits per heavy atom. The Labute approximate surface area is 231 Å². The summed E-state index contributed by atoms with van der Waals surface area (Å²) in [5.74, 6) is -1.12. The average Bonchev–Trinajstić information content (AvgIpc) is 3.49. The lowest BCUT2D eigenvalue weighted by molar-refractivity contribution is -0.121. The highest BCUT2D eigenvalue weighted by Gasteiger charge is 2.70. The number of nitrogens with one attached hydrogen (secondary N) is 1. The third-order valence-corrected chi connectivity index (χ3v) is 8.53. The summed E-state index contributed by atoms with van der Waals surface area (Å²) in [6.45, 7) is 0. The molecule has 1 amide bonds. The second-order valence-electron chi connectivity index (χ2n) is 10.4. The van der Waals surface area contributed by atoms with E-state index < -0.39 is 23.4 Å². The highest BCUT2D eigenvalue weighted by atomic mass is 16.5. The number of nitrogens with zero attached hydrogens (tertiary/aromatic N) is 1. The predicted molar refractivity (Wildman–Crippen MR) is 154 cm³/mol. The first kappa shape index (κ1) is 24.1.